The molecule has 92 valence electrons. The van der Waals surface area contributed by atoms with Crippen molar-refractivity contribution in [3.8, 4) is 0 Å². The average Bonchev–Trinajstić information content (AvgIpc) is 2.34. The van der Waals surface area contributed by atoms with Gasteiger partial charge in [-0.15, -0.1) is 0 Å². The number of benzene rings is 1. The molecule has 0 radical (unpaired) electrons. The first-order valence-electron chi connectivity index (χ1n) is 5.03. The highest BCUT2D eigenvalue weighted by Gasteiger charge is 2.04. The summed E-state index contributed by atoms with van der Waals surface area (Å²) in [4.78, 5) is 21.9. The maximum atomic E-state index is 11.6. The van der Waals surface area contributed by atoms with Crippen LogP contribution in [0.1, 0.15) is 15.9 Å². The number of rotatable bonds is 5. The maximum absolute atomic E-state index is 11.6. The van der Waals surface area contributed by atoms with Gasteiger partial charge >= 0.3 is 6.09 Å². The molecule has 0 aliphatic carbocycles. The van der Waals surface area contributed by atoms with Crippen LogP contribution in [0.2, 0.25) is 0 Å². The molecule has 3 N–H and O–H groups in total. The molecule has 1 rings (SSSR count). The number of hydrogen-bond acceptors (Lipinski definition) is 4. The van der Waals surface area contributed by atoms with Gasteiger partial charge in [-0.2, -0.15) is 12.6 Å². The van der Waals surface area contributed by atoms with Gasteiger partial charge in [-0.25, -0.2) is 4.79 Å². The van der Waals surface area contributed by atoms with Crippen molar-refractivity contribution in [2.75, 3.05) is 13.2 Å². The summed E-state index contributed by atoms with van der Waals surface area (Å²) in [6.45, 7) is 0.298. The second-order valence-corrected chi connectivity index (χ2v) is 3.59. The summed E-state index contributed by atoms with van der Waals surface area (Å²) in [7, 11) is 0. The summed E-state index contributed by atoms with van der Waals surface area (Å²) < 4.78 is 4.48. The van der Waals surface area contributed by atoms with Crippen molar-refractivity contribution >= 4 is 24.6 Å². The summed E-state index contributed by atoms with van der Waals surface area (Å²) in [6.07, 6.45) is -0.850. The van der Waals surface area contributed by atoms with Crippen LogP contribution in [0.3, 0.4) is 0 Å². The summed E-state index contributed by atoms with van der Waals surface area (Å²) in [5.74, 6) is 0.415. The molecule has 0 fully saturated rings. The minimum atomic E-state index is -0.850. The van der Waals surface area contributed by atoms with E-state index in [4.69, 9.17) is 5.73 Å². The third kappa shape index (κ3) is 4.78. The fourth-order valence-electron chi connectivity index (χ4n) is 1.18. The van der Waals surface area contributed by atoms with Crippen molar-refractivity contribution in [1.29, 1.82) is 0 Å². The van der Waals surface area contributed by atoms with Gasteiger partial charge in [-0.1, -0.05) is 12.1 Å². The summed E-state index contributed by atoms with van der Waals surface area (Å²) in [5, 5.41) is 2.60. The van der Waals surface area contributed by atoms with E-state index >= 15 is 0 Å². The molecule has 0 saturated carbocycles. The molecule has 6 heteroatoms. The van der Waals surface area contributed by atoms with Gasteiger partial charge in [0.1, 0.15) is 6.61 Å². The van der Waals surface area contributed by atoms with Crippen molar-refractivity contribution < 1.29 is 14.3 Å². The molecular formula is C11H14N2O3S. The third-order valence-electron chi connectivity index (χ3n) is 2.03. The van der Waals surface area contributed by atoms with Crippen LogP contribution in [-0.2, 0) is 10.5 Å². The molecule has 0 aromatic heterocycles. The summed E-state index contributed by atoms with van der Waals surface area (Å²) in [6, 6.07) is 7.11. The van der Waals surface area contributed by atoms with E-state index in [1.165, 1.54) is 0 Å². The van der Waals surface area contributed by atoms with Crippen LogP contribution < -0.4 is 11.1 Å². The molecule has 0 spiro atoms. The number of hydrogen-bond donors (Lipinski definition) is 3. The van der Waals surface area contributed by atoms with Crippen molar-refractivity contribution in [2.45, 2.75) is 5.75 Å². The topological polar surface area (TPSA) is 81.4 Å². The summed E-state index contributed by atoms with van der Waals surface area (Å²) >= 11 is 4.12. The number of ether oxygens (including phenoxy) is 1. The smallest absolute Gasteiger partial charge is 0.404 e. The molecule has 0 aliphatic heterocycles. The van der Waals surface area contributed by atoms with Gasteiger partial charge in [0.25, 0.3) is 5.91 Å². The Bertz CT molecular complexity index is 392. The fourth-order valence-corrected chi connectivity index (χ4v) is 1.39. The molecule has 0 atom stereocenters. The molecule has 1 aromatic rings. The van der Waals surface area contributed by atoms with E-state index in [1.54, 1.807) is 12.1 Å². The van der Waals surface area contributed by atoms with Crippen LogP contribution in [-0.4, -0.2) is 25.2 Å². The van der Waals surface area contributed by atoms with Crippen LogP contribution in [0.25, 0.3) is 0 Å². The van der Waals surface area contributed by atoms with Crippen LogP contribution in [0.15, 0.2) is 24.3 Å². The highest BCUT2D eigenvalue weighted by atomic mass is 32.1. The normalized spacial score (nSPS) is 9.71. The minimum absolute atomic E-state index is 0.0653. The van der Waals surface area contributed by atoms with E-state index in [0.717, 1.165) is 5.56 Å². The molecule has 2 amide bonds. The number of carbonyl (C=O) groups is 2. The second-order valence-electron chi connectivity index (χ2n) is 3.28. The van der Waals surface area contributed by atoms with E-state index in [0.29, 0.717) is 11.3 Å². The van der Waals surface area contributed by atoms with Gasteiger partial charge in [-0.3, -0.25) is 4.79 Å². The van der Waals surface area contributed by atoms with Gasteiger partial charge < -0.3 is 15.8 Å². The van der Waals surface area contributed by atoms with Gasteiger partial charge in [0.2, 0.25) is 0 Å². The molecule has 17 heavy (non-hydrogen) atoms. The zero-order valence-corrected chi connectivity index (χ0v) is 10.1. The van der Waals surface area contributed by atoms with Gasteiger partial charge in [0, 0.05) is 11.3 Å². The molecule has 1 aromatic carbocycles. The Morgan fingerprint density at radius 2 is 1.94 bits per heavy atom. The van der Waals surface area contributed by atoms with E-state index in [2.05, 4.69) is 22.7 Å². The largest absolute Gasteiger partial charge is 0.448 e. The Labute approximate surface area is 105 Å². The number of carbonyl (C=O) groups excluding carboxylic acids is 2. The first kappa shape index (κ1) is 13.4. The van der Waals surface area contributed by atoms with E-state index in [-0.39, 0.29) is 19.1 Å². The van der Waals surface area contributed by atoms with Crippen molar-refractivity contribution in [3.05, 3.63) is 35.4 Å². The number of amides is 2. The first-order valence-corrected chi connectivity index (χ1v) is 5.67. The highest BCUT2D eigenvalue weighted by molar-refractivity contribution is 7.79. The number of nitrogens with two attached hydrogens (primary N) is 1. The SMILES string of the molecule is NC(=O)OCCNC(=O)c1ccc(CS)cc1. The molecule has 5 nitrogen and oxygen atoms in total. The van der Waals surface area contributed by atoms with E-state index < -0.39 is 6.09 Å². The fraction of sp³-hybridized carbons (Fsp3) is 0.273. The zero-order valence-electron chi connectivity index (χ0n) is 9.18. The Balaban J connectivity index is 2.38. The average molecular weight is 254 g/mol. The lowest BCUT2D eigenvalue weighted by Crippen LogP contribution is -2.28. The third-order valence-corrected chi connectivity index (χ3v) is 2.40. The van der Waals surface area contributed by atoms with Gasteiger partial charge in [0.05, 0.1) is 6.54 Å². The molecule has 0 saturated heterocycles. The van der Waals surface area contributed by atoms with Gasteiger partial charge in [0.15, 0.2) is 0 Å². The predicted molar refractivity (Wildman–Crippen MR) is 67.0 cm³/mol. The Hall–Kier alpha value is -1.69. The molecule has 0 aliphatic rings. The first-order chi connectivity index (χ1) is 8.13. The Morgan fingerprint density at radius 1 is 1.29 bits per heavy atom. The lowest BCUT2D eigenvalue weighted by Gasteiger charge is -2.05. The predicted octanol–water partition coefficient (Wildman–Crippen LogP) is 0.942. The van der Waals surface area contributed by atoms with Crippen molar-refractivity contribution in [2.24, 2.45) is 5.73 Å². The highest BCUT2D eigenvalue weighted by Crippen LogP contribution is 2.06. The number of thiol groups is 1. The van der Waals surface area contributed by atoms with E-state index in [9.17, 15) is 9.59 Å². The lowest BCUT2D eigenvalue weighted by atomic mass is 10.1. The zero-order chi connectivity index (χ0) is 12.7. The van der Waals surface area contributed by atoms with Gasteiger partial charge in [-0.05, 0) is 17.7 Å². The van der Waals surface area contributed by atoms with Crippen LogP contribution in [0.4, 0.5) is 4.79 Å². The van der Waals surface area contributed by atoms with Crippen molar-refractivity contribution in [3.63, 3.8) is 0 Å². The number of nitrogens with one attached hydrogen (secondary N) is 1. The number of primary amides is 1. The van der Waals surface area contributed by atoms with Crippen LogP contribution in [0, 0.1) is 0 Å². The molecular weight excluding hydrogens is 240 g/mol. The Kier molecular flexibility index (Phi) is 5.35. The Morgan fingerprint density at radius 3 is 2.47 bits per heavy atom. The monoisotopic (exact) mass is 254 g/mol. The van der Waals surface area contributed by atoms with E-state index in [1.807, 2.05) is 12.1 Å². The van der Waals surface area contributed by atoms with Crippen LogP contribution in [0.5, 0.6) is 0 Å². The standard InChI is InChI=1S/C11H14N2O3S/c12-11(15)16-6-5-13-10(14)9-3-1-8(7-17)2-4-9/h1-4,17H,5-7H2,(H2,12,15)(H,13,14). The van der Waals surface area contributed by atoms with Crippen molar-refractivity contribution in [1.82, 2.24) is 5.32 Å². The second kappa shape index (κ2) is 6.80. The molecule has 0 unspecified atom stereocenters. The molecule has 0 heterocycles. The molecule has 0 bridgehead atoms. The van der Waals surface area contributed by atoms with Crippen LogP contribution >= 0.6 is 12.6 Å². The quantitative estimate of drug-likeness (QED) is 0.540. The minimum Gasteiger partial charge on any atom is -0.448 e. The lowest BCUT2D eigenvalue weighted by molar-refractivity contribution is 0.0937. The summed E-state index contributed by atoms with van der Waals surface area (Å²) in [5.41, 5.74) is 6.37. The maximum Gasteiger partial charge on any atom is 0.404 e.